The molecule has 0 atom stereocenters. The fourth-order valence-corrected chi connectivity index (χ4v) is 7.35. The topological polar surface area (TPSA) is 142 Å². The number of nitrogens with zero attached hydrogens (tertiary/aromatic N) is 9. The molecule has 2 saturated carbocycles. The molecule has 2 aliphatic carbocycles. The molecule has 1 N–H and O–H groups in total. The average Bonchev–Trinajstić information content (AvgIpc) is 3.98. The predicted octanol–water partition coefficient (Wildman–Crippen LogP) is 7.07. The Morgan fingerprint density at radius 3 is 1.88 bits per heavy atom. The number of hydrogen-bond donors (Lipinski definition) is 1. The Hall–Kier alpha value is -5.12. The number of hydrogen-bond acceptors (Lipinski definition) is 10. The van der Waals surface area contributed by atoms with Crippen LogP contribution in [0.3, 0.4) is 0 Å². The van der Waals surface area contributed by atoms with Crippen LogP contribution in [0.1, 0.15) is 37.8 Å². The highest BCUT2D eigenvalue weighted by Crippen LogP contribution is 2.38. The first-order valence-electron chi connectivity index (χ1n) is 15.6. The third-order valence-corrected chi connectivity index (χ3v) is 10.4. The summed E-state index contributed by atoms with van der Waals surface area (Å²) in [4.78, 5) is 32.6. The van der Waals surface area contributed by atoms with E-state index in [9.17, 15) is 9.59 Å². The molecule has 0 spiro atoms. The molecule has 0 bridgehead atoms. The van der Waals surface area contributed by atoms with Crippen LogP contribution >= 0.6 is 39.0 Å². The number of aromatic nitrogens is 10. The summed E-state index contributed by atoms with van der Waals surface area (Å²) >= 11 is 6.14. The zero-order chi connectivity index (χ0) is 33.3. The highest BCUT2D eigenvalue weighted by Gasteiger charge is 2.28. The maximum absolute atomic E-state index is 12.6. The molecule has 0 saturated heterocycles. The van der Waals surface area contributed by atoms with Gasteiger partial charge in [-0.3, -0.25) is 14.0 Å². The molecule has 6 heterocycles. The zero-order valence-electron chi connectivity index (χ0n) is 25.8. The van der Waals surface area contributed by atoms with E-state index in [0.29, 0.717) is 17.9 Å². The minimum atomic E-state index is -0.0380. The van der Waals surface area contributed by atoms with E-state index in [1.807, 2.05) is 84.9 Å². The summed E-state index contributed by atoms with van der Waals surface area (Å²) in [6, 6.07) is 27.7. The molecule has 2 aromatic carbocycles. The molecule has 2 fully saturated rings. The van der Waals surface area contributed by atoms with Crippen LogP contribution in [0.4, 0.5) is 0 Å². The fourth-order valence-electron chi connectivity index (χ4n) is 5.31. The van der Waals surface area contributed by atoms with Gasteiger partial charge < -0.3 is 9.13 Å². The van der Waals surface area contributed by atoms with Crippen molar-refractivity contribution in [3.63, 3.8) is 0 Å². The number of fused-ring (bicyclic) bond motifs is 2. The van der Waals surface area contributed by atoms with Crippen molar-refractivity contribution in [3.8, 4) is 28.9 Å². The van der Waals surface area contributed by atoms with Gasteiger partial charge in [0.15, 0.2) is 11.6 Å². The first-order valence-corrected chi connectivity index (χ1v) is 18.0. The molecule has 15 heteroatoms. The third kappa shape index (κ3) is 6.64. The van der Waals surface area contributed by atoms with Crippen LogP contribution in [0, 0.1) is 0 Å². The molecule has 12 nitrogen and oxygen atoms in total. The van der Waals surface area contributed by atoms with E-state index in [0.717, 1.165) is 60.7 Å². The number of H-pyrrole nitrogens is 1. The highest BCUT2D eigenvalue weighted by molar-refractivity contribution is 9.10. The van der Waals surface area contributed by atoms with Gasteiger partial charge in [-0.2, -0.15) is 0 Å². The number of benzene rings is 2. The molecule has 2 aliphatic rings. The second-order valence-electron chi connectivity index (χ2n) is 11.5. The lowest BCUT2D eigenvalue weighted by molar-refractivity contribution is 0.743. The second kappa shape index (κ2) is 13.4. The van der Waals surface area contributed by atoms with Gasteiger partial charge in [-0.1, -0.05) is 47.9 Å². The molecule has 0 unspecified atom stereocenters. The van der Waals surface area contributed by atoms with Gasteiger partial charge in [0.2, 0.25) is 0 Å². The maximum Gasteiger partial charge on any atom is 0.274 e. The lowest BCUT2D eigenvalue weighted by atomic mass is 10.3. The maximum atomic E-state index is 12.6. The molecular formula is C34H27BrN10O2S2. The monoisotopic (exact) mass is 750 g/mol. The number of rotatable bonds is 5. The first-order chi connectivity index (χ1) is 24.0. The fraction of sp³-hybridized carbons (Fsp3) is 0.176. The Bertz CT molecular complexity index is 2520. The van der Waals surface area contributed by atoms with Gasteiger partial charge in [0.25, 0.3) is 11.1 Å². The minimum absolute atomic E-state index is 0.0144. The molecule has 6 aromatic heterocycles. The van der Waals surface area contributed by atoms with E-state index < -0.39 is 0 Å². The largest absolute Gasteiger partial charge is 0.309 e. The van der Waals surface area contributed by atoms with Crippen molar-refractivity contribution in [2.24, 2.45) is 0 Å². The molecule has 0 aliphatic heterocycles. The van der Waals surface area contributed by atoms with E-state index in [1.165, 1.54) is 35.9 Å². The summed E-state index contributed by atoms with van der Waals surface area (Å²) < 4.78 is 11.3. The van der Waals surface area contributed by atoms with Crippen molar-refractivity contribution in [3.05, 3.63) is 123 Å². The van der Waals surface area contributed by atoms with Crippen molar-refractivity contribution in [1.82, 2.24) is 47.8 Å². The standard InChI is InChI=1S/C17H13N5OS.C10H9BrN4.C7H5NOS/c23-17-12-4-1-2-6-14(12)24-22(17)15-7-3-5-13(19-15)16-20-18-10-21(16)11-8-9-11;11-9-3-1-2-8(13-9)10-14-12-6-15(10)7-4-5-7;9-7-5-3-1-2-4-6(5)10-8-7/h1-7,10-11H,8-9H2;1-3,6-7H,4-5H2;1-4H,(H,8,9). The average molecular weight is 752 g/mol. The molecule has 10 rings (SSSR count). The first kappa shape index (κ1) is 31.2. The summed E-state index contributed by atoms with van der Waals surface area (Å²) in [5.41, 5.74) is 1.58. The summed E-state index contributed by atoms with van der Waals surface area (Å²) in [6.07, 6.45) is 8.29. The van der Waals surface area contributed by atoms with Crippen molar-refractivity contribution in [1.29, 1.82) is 0 Å². The number of pyridine rings is 2. The second-order valence-corrected chi connectivity index (χ2v) is 14.2. The predicted molar refractivity (Wildman–Crippen MR) is 194 cm³/mol. The van der Waals surface area contributed by atoms with Crippen molar-refractivity contribution in [2.75, 3.05) is 0 Å². The normalized spacial score (nSPS) is 13.9. The van der Waals surface area contributed by atoms with Gasteiger partial charge in [0.05, 0.1) is 20.2 Å². The van der Waals surface area contributed by atoms with Gasteiger partial charge in [-0.25, -0.2) is 13.9 Å². The Labute approximate surface area is 295 Å². The third-order valence-electron chi connectivity index (χ3n) is 8.02. The Morgan fingerprint density at radius 2 is 1.27 bits per heavy atom. The van der Waals surface area contributed by atoms with E-state index in [4.69, 9.17) is 0 Å². The quantitative estimate of drug-likeness (QED) is 0.184. The number of halogens is 1. The summed E-state index contributed by atoms with van der Waals surface area (Å²) in [5.74, 6) is 2.23. The van der Waals surface area contributed by atoms with Crippen LogP contribution in [0.25, 0.3) is 49.0 Å². The van der Waals surface area contributed by atoms with Gasteiger partial charge >= 0.3 is 0 Å². The van der Waals surface area contributed by atoms with E-state index in [1.54, 1.807) is 16.6 Å². The van der Waals surface area contributed by atoms with Crippen LogP contribution in [-0.4, -0.2) is 47.8 Å². The van der Waals surface area contributed by atoms with Crippen LogP contribution in [0.5, 0.6) is 0 Å². The van der Waals surface area contributed by atoms with Crippen LogP contribution < -0.4 is 11.1 Å². The van der Waals surface area contributed by atoms with Crippen LogP contribution in [-0.2, 0) is 0 Å². The molecule has 0 radical (unpaired) electrons. The SMILES string of the molecule is Brc1cccc(-c2nncn2C2CC2)n1.O=c1[nH]sc2ccccc12.O=c1c2ccccc2sn1-c1cccc(-c2nncn2C2CC2)n1. The van der Waals surface area contributed by atoms with Crippen molar-refractivity contribution < 1.29 is 0 Å². The van der Waals surface area contributed by atoms with Gasteiger partial charge in [0.1, 0.15) is 34.5 Å². The summed E-state index contributed by atoms with van der Waals surface area (Å²) in [7, 11) is 0. The van der Waals surface area contributed by atoms with Gasteiger partial charge in [-0.15, -0.1) is 20.4 Å². The Morgan fingerprint density at radius 1 is 0.673 bits per heavy atom. The van der Waals surface area contributed by atoms with E-state index in [-0.39, 0.29) is 11.1 Å². The van der Waals surface area contributed by atoms with Crippen LogP contribution in [0.2, 0.25) is 0 Å². The lowest BCUT2D eigenvalue weighted by Crippen LogP contribution is -2.12. The highest BCUT2D eigenvalue weighted by atomic mass is 79.9. The minimum Gasteiger partial charge on any atom is -0.309 e. The van der Waals surface area contributed by atoms with E-state index in [2.05, 4.69) is 59.8 Å². The lowest BCUT2D eigenvalue weighted by Gasteiger charge is -2.05. The molecule has 8 aromatic rings. The summed E-state index contributed by atoms with van der Waals surface area (Å²) in [6.45, 7) is 0. The summed E-state index contributed by atoms with van der Waals surface area (Å²) in [5, 5.41) is 17.8. The van der Waals surface area contributed by atoms with Gasteiger partial charge in [-0.05, 0) is 102 Å². The molecular weight excluding hydrogens is 724 g/mol. The Kier molecular flexibility index (Phi) is 8.53. The Balaban J connectivity index is 0.000000118. The van der Waals surface area contributed by atoms with Crippen LogP contribution in [0.15, 0.2) is 112 Å². The van der Waals surface area contributed by atoms with Crippen molar-refractivity contribution in [2.45, 2.75) is 37.8 Å². The van der Waals surface area contributed by atoms with E-state index >= 15 is 0 Å². The molecule has 244 valence electrons. The van der Waals surface area contributed by atoms with Crippen molar-refractivity contribution >= 4 is 59.2 Å². The van der Waals surface area contributed by atoms with Gasteiger partial charge in [0, 0.05) is 12.1 Å². The molecule has 0 amide bonds. The number of nitrogens with one attached hydrogen (secondary N) is 1. The zero-order valence-corrected chi connectivity index (χ0v) is 29.0. The number of aromatic amines is 1. The molecule has 49 heavy (non-hydrogen) atoms. The smallest absolute Gasteiger partial charge is 0.274 e.